The van der Waals surface area contributed by atoms with Gasteiger partial charge in [0.15, 0.2) is 0 Å². The van der Waals surface area contributed by atoms with E-state index in [1.165, 1.54) is 5.56 Å². The predicted octanol–water partition coefficient (Wildman–Crippen LogP) is 2.89. The summed E-state index contributed by atoms with van der Waals surface area (Å²) in [5.41, 5.74) is 1.25. The molecule has 2 atom stereocenters. The quantitative estimate of drug-likeness (QED) is 0.762. The lowest BCUT2D eigenvalue weighted by Gasteiger charge is -2.34. The van der Waals surface area contributed by atoms with Crippen LogP contribution < -0.4 is 10.2 Å². The maximum absolute atomic E-state index is 12.9. The van der Waals surface area contributed by atoms with E-state index in [2.05, 4.69) is 63.2 Å². The molecule has 2 aromatic rings. The van der Waals surface area contributed by atoms with Crippen molar-refractivity contribution in [2.24, 2.45) is 5.92 Å². The largest absolute Gasteiger partial charge is 0.355 e. The normalized spacial score (nSPS) is 18.1. The van der Waals surface area contributed by atoms with Crippen LogP contribution in [0.5, 0.6) is 0 Å². The average molecular weight is 382 g/mol. The second-order valence-electron chi connectivity index (χ2n) is 7.24. The number of carbonyl (C=O) groups is 1. The van der Waals surface area contributed by atoms with Gasteiger partial charge in [0.1, 0.15) is 5.82 Å². The molecule has 6 nitrogen and oxygen atoms in total. The second-order valence-corrected chi connectivity index (χ2v) is 7.24. The Balaban J connectivity index is 1.62. The van der Waals surface area contributed by atoms with Crippen LogP contribution in [0.4, 0.5) is 5.82 Å². The van der Waals surface area contributed by atoms with Gasteiger partial charge in [-0.3, -0.25) is 14.7 Å². The van der Waals surface area contributed by atoms with Crippen molar-refractivity contribution < 1.29 is 4.79 Å². The first-order valence-electron chi connectivity index (χ1n) is 10.3. The number of hydrogen-bond donors (Lipinski definition) is 1. The Morgan fingerprint density at radius 3 is 2.71 bits per heavy atom. The average Bonchev–Trinajstić information content (AvgIpc) is 2.77. The standard InChI is InChI=1S/C22H31N5O/c1-3-26(4-2)20(18-9-6-5-7-10-18)15-25-22(28)19-11-8-14-27(17-19)21-16-23-12-13-24-21/h5-7,9-10,12-13,16,19-20H,3-4,8,11,14-15,17H2,1-2H3,(H,25,28). The molecule has 1 saturated heterocycles. The highest BCUT2D eigenvalue weighted by atomic mass is 16.1. The summed E-state index contributed by atoms with van der Waals surface area (Å²) in [6.07, 6.45) is 7.06. The summed E-state index contributed by atoms with van der Waals surface area (Å²) < 4.78 is 0. The number of benzene rings is 1. The molecule has 1 amide bonds. The molecular formula is C22H31N5O. The summed E-state index contributed by atoms with van der Waals surface area (Å²) in [6, 6.07) is 10.6. The fraction of sp³-hybridized carbons (Fsp3) is 0.500. The Morgan fingerprint density at radius 2 is 2.04 bits per heavy atom. The molecule has 3 rings (SSSR count). The van der Waals surface area contributed by atoms with E-state index in [1.807, 2.05) is 6.07 Å². The Hall–Kier alpha value is -2.47. The minimum absolute atomic E-state index is 0.0103. The smallest absolute Gasteiger partial charge is 0.224 e. The molecule has 1 aliphatic heterocycles. The molecule has 0 radical (unpaired) electrons. The third kappa shape index (κ3) is 5.07. The van der Waals surface area contributed by atoms with Gasteiger partial charge in [-0.25, -0.2) is 4.98 Å². The monoisotopic (exact) mass is 381 g/mol. The van der Waals surface area contributed by atoms with E-state index in [0.717, 1.165) is 38.3 Å². The van der Waals surface area contributed by atoms with Gasteiger partial charge in [0.2, 0.25) is 5.91 Å². The first-order chi connectivity index (χ1) is 13.7. The SMILES string of the molecule is CCN(CC)C(CNC(=O)C1CCCN(c2cnccn2)C1)c1ccccc1. The molecule has 1 fully saturated rings. The molecule has 1 N–H and O–H groups in total. The van der Waals surface area contributed by atoms with E-state index in [4.69, 9.17) is 0 Å². The lowest BCUT2D eigenvalue weighted by molar-refractivity contribution is -0.125. The van der Waals surface area contributed by atoms with Crippen LogP contribution in [0.3, 0.4) is 0 Å². The van der Waals surface area contributed by atoms with Gasteiger partial charge in [0.05, 0.1) is 18.2 Å². The number of likely N-dealkylation sites (N-methyl/N-ethyl adjacent to an activating group) is 1. The summed E-state index contributed by atoms with van der Waals surface area (Å²) in [5.74, 6) is 0.982. The molecular weight excluding hydrogens is 350 g/mol. The van der Waals surface area contributed by atoms with Gasteiger partial charge in [-0.1, -0.05) is 44.2 Å². The van der Waals surface area contributed by atoms with Crippen molar-refractivity contribution in [1.82, 2.24) is 20.2 Å². The van der Waals surface area contributed by atoms with Crippen LogP contribution in [0.15, 0.2) is 48.9 Å². The Morgan fingerprint density at radius 1 is 1.25 bits per heavy atom. The molecule has 28 heavy (non-hydrogen) atoms. The number of nitrogens with zero attached hydrogens (tertiary/aromatic N) is 4. The van der Waals surface area contributed by atoms with E-state index < -0.39 is 0 Å². The van der Waals surface area contributed by atoms with Crippen LogP contribution in [0.25, 0.3) is 0 Å². The molecule has 0 saturated carbocycles. The maximum Gasteiger partial charge on any atom is 0.224 e. The molecule has 6 heteroatoms. The van der Waals surface area contributed by atoms with E-state index in [-0.39, 0.29) is 17.9 Å². The summed E-state index contributed by atoms with van der Waals surface area (Å²) in [5, 5.41) is 3.23. The summed E-state index contributed by atoms with van der Waals surface area (Å²) in [6.45, 7) is 8.50. The Bertz CT molecular complexity index is 720. The molecule has 150 valence electrons. The first-order valence-corrected chi connectivity index (χ1v) is 10.3. The Kier molecular flexibility index (Phi) is 7.37. The number of hydrogen-bond acceptors (Lipinski definition) is 5. The second kappa shape index (κ2) is 10.2. The fourth-order valence-corrected chi connectivity index (χ4v) is 3.99. The molecule has 1 aromatic heterocycles. The predicted molar refractivity (Wildman–Crippen MR) is 112 cm³/mol. The number of aromatic nitrogens is 2. The van der Waals surface area contributed by atoms with E-state index in [9.17, 15) is 4.79 Å². The molecule has 2 unspecified atom stereocenters. The van der Waals surface area contributed by atoms with E-state index >= 15 is 0 Å². The number of piperidine rings is 1. The van der Waals surface area contributed by atoms with Crippen molar-refractivity contribution >= 4 is 11.7 Å². The van der Waals surface area contributed by atoms with Crippen LogP contribution in [-0.4, -0.2) is 53.5 Å². The zero-order chi connectivity index (χ0) is 19.8. The van der Waals surface area contributed by atoms with Gasteiger partial charge < -0.3 is 10.2 Å². The van der Waals surface area contributed by atoms with Crippen molar-refractivity contribution in [3.05, 3.63) is 54.5 Å². The van der Waals surface area contributed by atoms with E-state index in [1.54, 1.807) is 18.6 Å². The third-order valence-corrected chi connectivity index (χ3v) is 5.57. The zero-order valence-electron chi connectivity index (χ0n) is 16.9. The molecule has 2 heterocycles. The highest BCUT2D eigenvalue weighted by Gasteiger charge is 2.27. The fourth-order valence-electron chi connectivity index (χ4n) is 3.99. The minimum atomic E-state index is -0.0103. The van der Waals surface area contributed by atoms with Gasteiger partial charge in [0, 0.05) is 32.0 Å². The third-order valence-electron chi connectivity index (χ3n) is 5.57. The summed E-state index contributed by atoms with van der Waals surface area (Å²) in [4.78, 5) is 26.0. The highest BCUT2D eigenvalue weighted by Crippen LogP contribution is 2.23. The minimum Gasteiger partial charge on any atom is -0.355 e. The molecule has 0 bridgehead atoms. The van der Waals surface area contributed by atoms with Crippen LogP contribution in [0.2, 0.25) is 0 Å². The topological polar surface area (TPSA) is 61.4 Å². The van der Waals surface area contributed by atoms with Crippen molar-refractivity contribution in [3.63, 3.8) is 0 Å². The van der Waals surface area contributed by atoms with Gasteiger partial charge >= 0.3 is 0 Å². The van der Waals surface area contributed by atoms with Gasteiger partial charge in [0.25, 0.3) is 0 Å². The lowest BCUT2D eigenvalue weighted by Crippen LogP contribution is -2.45. The molecule has 1 aromatic carbocycles. The van der Waals surface area contributed by atoms with Gasteiger partial charge in [-0.15, -0.1) is 0 Å². The molecule has 1 aliphatic rings. The van der Waals surface area contributed by atoms with Gasteiger partial charge in [-0.05, 0) is 31.5 Å². The maximum atomic E-state index is 12.9. The van der Waals surface area contributed by atoms with E-state index in [0.29, 0.717) is 13.1 Å². The van der Waals surface area contributed by atoms with Gasteiger partial charge in [-0.2, -0.15) is 0 Å². The van der Waals surface area contributed by atoms with Crippen LogP contribution in [0.1, 0.15) is 38.3 Å². The highest BCUT2D eigenvalue weighted by molar-refractivity contribution is 5.79. The van der Waals surface area contributed by atoms with Crippen LogP contribution in [0, 0.1) is 5.92 Å². The number of nitrogens with one attached hydrogen (secondary N) is 1. The Labute approximate surface area is 168 Å². The van der Waals surface area contributed by atoms with Crippen LogP contribution >= 0.6 is 0 Å². The van der Waals surface area contributed by atoms with Crippen molar-refractivity contribution in [2.45, 2.75) is 32.7 Å². The zero-order valence-corrected chi connectivity index (χ0v) is 16.9. The number of rotatable bonds is 8. The molecule has 0 aliphatic carbocycles. The van der Waals surface area contributed by atoms with Crippen LogP contribution in [-0.2, 0) is 4.79 Å². The first kappa shape index (κ1) is 20.3. The number of carbonyl (C=O) groups excluding carboxylic acids is 1. The summed E-state index contributed by atoms with van der Waals surface area (Å²) >= 11 is 0. The lowest BCUT2D eigenvalue weighted by atomic mass is 9.96. The number of anilines is 1. The number of amides is 1. The van der Waals surface area contributed by atoms with Crippen molar-refractivity contribution in [1.29, 1.82) is 0 Å². The van der Waals surface area contributed by atoms with Crippen molar-refractivity contribution in [3.8, 4) is 0 Å². The summed E-state index contributed by atoms with van der Waals surface area (Å²) in [7, 11) is 0. The molecule has 0 spiro atoms. The van der Waals surface area contributed by atoms with Crippen molar-refractivity contribution in [2.75, 3.05) is 37.6 Å².